The maximum absolute atomic E-state index is 11.7. The first-order valence-corrected chi connectivity index (χ1v) is 9.16. The van der Waals surface area contributed by atoms with Crippen LogP contribution in [-0.4, -0.2) is 17.6 Å². The highest BCUT2D eigenvalue weighted by atomic mass is 32.1. The van der Waals surface area contributed by atoms with Crippen LogP contribution in [0.4, 0.5) is 0 Å². The zero-order chi connectivity index (χ0) is 18.2. The van der Waals surface area contributed by atoms with Crippen molar-refractivity contribution in [3.8, 4) is 0 Å². The van der Waals surface area contributed by atoms with Gasteiger partial charge in [-0.25, -0.2) is 9.78 Å². The average molecular weight is 356 g/mol. The molecular formula is C20H24N2O2S. The second-order valence-electron chi connectivity index (χ2n) is 5.84. The highest BCUT2D eigenvalue weighted by Crippen LogP contribution is 2.21. The number of nitrogens with zero attached hydrogens (tertiary/aromatic N) is 1. The van der Waals surface area contributed by atoms with E-state index in [1.165, 1.54) is 5.56 Å². The van der Waals surface area contributed by atoms with Crippen molar-refractivity contribution in [3.63, 3.8) is 0 Å². The summed E-state index contributed by atoms with van der Waals surface area (Å²) in [5, 5.41) is 2.89. The molecule has 25 heavy (non-hydrogen) atoms. The van der Waals surface area contributed by atoms with Crippen molar-refractivity contribution in [1.29, 1.82) is 0 Å². The van der Waals surface area contributed by atoms with E-state index in [9.17, 15) is 4.79 Å². The summed E-state index contributed by atoms with van der Waals surface area (Å²) < 4.78 is 4.98. The molecule has 0 aliphatic heterocycles. The molecule has 2 aromatic rings. The number of esters is 1. The van der Waals surface area contributed by atoms with Crippen molar-refractivity contribution in [2.24, 2.45) is 5.73 Å². The Morgan fingerprint density at radius 1 is 1.32 bits per heavy atom. The highest BCUT2D eigenvalue weighted by Gasteiger charge is 2.11. The van der Waals surface area contributed by atoms with Gasteiger partial charge in [0, 0.05) is 11.0 Å². The minimum Gasteiger partial charge on any atom is -0.463 e. The normalized spacial score (nSPS) is 13.6. The first-order chi connectivity index (χ1) is 12.0. The van der Waals surface area contributed by atoms with Crippen molar-refractivity contribution in [1.82, 2.24) is 4.98 Å². The predicted molar refractivity (Wildman–Crippen MR) is 103 cm³/mol. The molecule has 132 valence electrons. The maximum atomic E-state index is 11.7. The van der Waals surface area contributed by atoms with Gasteiger partial charge in [0.25, 0.3) is 0 Å². The van der Waals surface area contributed by atoms with Gasteiger partial charge in [-0.15, -0.1) is 11.3 Å². The lowest BCUT2D eigenvalue weighted by Crippen LogP contribution is -2.13. The van der Waals surface area contributed by atoms with Gasteiger partial charge in [-0.2, -0.15) is 0 Å². The quantitative estimate of drug-likeness (QED) is 0.456. The van der Waals surface area contributed by atoms with E-state index in [-0.39, 0.29) is 12.0 Å². The van der Waals surface area contributed by atoms with Gasteiger partial charge in [-0.05, 0) is 50.5 Å². The number of carbonyl (C=O) groups is 1. The monoisotopic (exact) mass is 356 g/mol. The number of hydrogen-bond donors (Lipinski definition) is 1. The van der Waals surface area contributed by atoms with E-state index < -0.39 is 0 Å². The van der Waals surface area contributed by atoms with Gasteiger partial charge < -0.3 is 10.5 Å². The van der Waals surface area contributed by atoms with Crippen molar-refractivity contribution in [2.45, 2.75) is 33.2 Å². The molecule has 0 bridgehead atoms. The largest absolute Gasteiger partial charge is 0.463 e. The average Bonchev–Trinajstić information content (AvgIpc) is 3.04. The number of aromatic nitrogens is 1. The molecule has 0 radical (unpaired) electrons. The van der Waals surface area contributed by atoms with Crippen molar-refractivity contribution >= 4 is 23.4 Å². The minimum absolute atomic E-state index is 0.119. The summed E-state index contributed by atoms with van der Waals surface area (Å²) >= 11 is 1.56. The fourth-order valence-corrected chi connectivity index (χ4v) is 3.19. The fourth-order valence-electron chi connectivity index (χ4n) is 2.41. The molecule has 0 saturated heterocycles. The highest BCUT2D eigenvalue weighted by molar-refractivity contribution is 7.09. The standard InChI is InChI=1S/C20H24N2O2S/c1-4-24-20(23)15(3)10-14(2)11-17-13-25-19(22-17)18(21)12-16-8-6-5-7-9-16/h5-11,13,18H,4,12,21H2,1-3H3/b14-11+,15-10-/t18-/m0/s1. The number of ether oxygens (including phenoxy) is 1. The number of nitrogens with two attached hydrogens (primary N) is 1. The van der Waals surface area contributed by atoms with Crippen molar-refractivity contribution < 1.29 is 9.53 Å². The topological polar surface area (TPSA) is 65.2 Å². The van der Waals surface area contributed by atoms with Crippen LogP contribution in [0.3, 0.4) is 0 Å². The number of carbonyl (C=O) groups excluding carboxylic acids is 1. The van der Waals surface area contributed by atoms with Crippen molar-refractivity contribution in [2.75, 3.05) is 6.61 Å². The van der Waals surface area contributed by atoms with E-state index in [4.69, 9.17) is 10.5 Å². The Kier molecular flexibility index (Phi) is 7.10. The van der Waals surface area contributed by atoms with Gasteiger partial charge in [0.2, 0.25) is 0 Å². The number of benzene rings is 1. The second-order valence-corrected chi connectivity index (χ2v) is 6.73. The Morgan fingerprint density at radius 3 is 2.72 bits per heavy atom. The van der Waals surface area contributed by atoms with Gasteiger partial charge in [-0.1, -0.05) is 30.3 Å². The molecule has 4 nitrogen and oxygen atoms in total. The van der Waals surface area contributed by atoms with Gasteiger partial charge in [-0.3, -0.25) is 0 Å². The third kappa shape index (κ3) is 5.96. The third-order valence-corrected chi connectivity index (χ3v) is 4.57. The van der Waals surface area contributed by atoms with Gasteiger partial charge in [0.05, 0.1) is 18.3 Å². The summed E-state index contributed by atoms with van der Waals surface area (Å²) in [7, 11) is 0. The van der Waals surface area contributed by atoms with Crippen LogP contribution in [-0.2, 0) is 16.0 Å². The third-order valence-electron chi connectivity index (χ3n) is 3.57. The molecule has 2 N–H and O–H groups in total. The van der Waals surface area contributed by atoms with Crippen LogP contribution in [0.25, 0.3) is 6.08 Å². The Bertz CT molecular complexity index is 763. The van der Waals surface area contributed by atoms with E-state index in [0.29, 0.717) is 12.2 Å². The molecule has 0 unspecified atom stereocenters. The van der Waals surface area contributed by atoms with Crippen LogP contribution in [0.15, 0.2) is 52.9 Å². The van der Waals surface area contributed by atoms with Crippen molar-refractivity contribution in [3.05, 3.63) is 69.2 Å². The molecule has 1 aromatic heterocycles. The van der Waals surface area contributed by atoms with Gasteiger partial charge >= 0.3 is 5.97 Å². The number of rotatable bonds is 7. The van der Waals surface area contributed by atoms with Crippen LogP contribution in [0.5, 0.6) is 0 Å². The summed E-state index contributed by atoms with van der Waals surface area (Å²) in [6.07, 6.45) is 4.51. The van der Waals surface area contributed by atoms with E-state index >= 15 is 0 Å². The predicted octanol–water partition coefficient (Wildman–Crippen LogP) is 4.30. The summed E-state index contributed by atoms with van der Waals surface area (Å²) in [4.78, 5) is 16.3. The van der Waals surface area contributed by atoms with Crippen LogP contribution in [0.1, 0.15) is 43.1 Å². The zero-order valence-corrected chi connectivity index (χ0v) is 15.7. The lowest BCUT2D eigenvalue weighted by Gasteiger charge is -2.08. The molecule has 0 spiro atoms. The molecule has 0 aliphatic rings. The van der Waals surface area contributed by atoms with Crippen LogP contribution in [0, 0.1) is 0 Å². The van der Waals surface area contributed by atoms with E-state index in [2.05, 4.69) is 17.1 Å². The lowest BCUT2D eigenvalue weighted by molar-refractivity contribution is -0.138. The molecule has 1 atom stereocenters. The molecule has 1 aromatic carbocycles. The minimum atomic E-state index is -0.292. The van der Waals surface area contributed by atoms with E-state index in [0.717, 1.165) is 22.7 Å². The Balaban J connectivity index is 2.05. The second kappa shape index (κ2) is 9.30. The molecular weight excluding hydrogens is 332 g/mol. The summed E-state index contributed by atoms with van der Waals surface area (Å²) in [5.41, 5.74) is 9.85. The first kappa shape index (κ1) is 19.1. The van der Waals surface area contributed by atoms with Crippen LogP contribution in [0.2, 0.25) is 0 Å². The Labute approximate surface area is 153 Å². The molecule has 0 amide bonds. The summed E-state index contributed by atoms with van der Waals surface area (Å²) in [6.45, 7) is 5.86. The SMILES string of the molecule is CCOC(=O)/C(C)=C\C(C)=C\c1csc([C@@H](N)Cc2ccccc2)n1. The Morgan fingerprint density at radius 2 is 2.04 bits per heavy atom. The number of hydrogen-bond acceptors (Lipinski definition) is 5. The number of allylic oxidation sites excluding steroid dienone is 2. The molecule has 5 heteroatoms. The van der Waals surface area contributed by atoms with Gasteiger partial charge in [0.15, 0.2) is 0 Å². The number of thiazole rings is 1. The smallest absolute Gasteiger partial charge is 0.333 e. The zero-order valence-electron chi connectivity index (χ0n) is 14.9. The molecule has 0 saturated carbocycles. The van der Waals surface area contributed by atoms with Crippen LogP contribution >= 0.6 is 11.3 Å². The summed E-state index contributed by atoms with van der Waals surface area (Å²) in [6, 6.07) is 10.0. The first-order valence-electron chi connectivity index (χ1n) is 8.28. The van der Waals surface area contributed by atoms with E-state index in [1.54, 1.807) is 31.3 Å². The molecule has 1 heterocycles. The molecule has 0 aliphatic carbocycles. The fraction of sp³-hybridized carbons (Fsp3) is 0.300. The van der Waals surface area contributed by atoms with E-state index in [1.807, 2.05) is 36.6 Å². The maximum Gasteiger partial charge on any atom is 0.333 e. The summed E-state index contributed by atoms with van der Waals surface area (Å²) in [5.74, 6) is -0.292. The molecule has 2 rings (SSSR count). The molecule has 0 fully saturated rings. The Hall–Kier alpha value is -2.24. The van der Waals surface area contributed by atoms with Crippen LogP contribution < -0.4 is 5.73 Å². The van der Waals surface area contributed by atoms with Gasteiger partial charge in [0.1, 0.15) is 5.01 Å². The lowest BCUT2D eigenvalue weighted by atomic mass is 10.1.